The van der Waals surface area contributed by atoms with E-state index in [4.69, 9.17) is 9.47 Å². The molecule has 28 heavy (non-hydrogen) atoms. The largest absolute Gasteiger partial charge is 0.497 e. The molecule has 0 aliphatic heterocycles. The standard InChI is InChI=1S/C21H29N3O4/c1-15-12-19(16(2)24(15)10-11-27-4)20(25)13-23(3)14-21(26)22-17-6-8-18(28-5)9-7-17/h6-9,12H,10-11,13-14H2,1-5H3,(H,22,26)/p+1. The number of benzene rings is 1. The lowest BCUT2D eigenvalue weighted by molar-refractivity contribution is -0.861. The molecule has 0 saturated heterocycles. The highest BCUT2D eigenvalue weighted by Gasteiger charge is 2.20. The lowest BCUT2D eigenvalue weighted by Gasteiger charge is -2.14. The molecule has 1 aromatic carbocycles. The van der Waals surface area contributed by atoms with Gasteiger partial charge in [-0.1, -0.05) is 0 Å². The van der Waals surface area contributed by atoms with Crippen LogP contribution in [0, 0.1) is 13.8 Å². The van der Waals surface area contributed by atoms with Crippen molar-refractivity contribution in [2.24, 2.45) is 0 Å². The maximum atomic E-state index is 12.7. The van der Waals surface area contributed by atoms with Crippen LogP contribution in [0.4, 0.5) is 5.69 Å². The Balaban J connectivity index is 1.92. The van der Waals surface area contributed by atoms with Gasteiger partial charge in [-0.2, -0.15) is 0 Å². The Bertz CT molecular complexity index is 812. The fourth-order valence-corrected chi connectivity index (χ4v) is 3.20. The number of aromatic nitrogens is 1. The highest BCUT2D eigenvalue weighted by molar-refractivity contribution is 5.98. The van der Waals surface area contributed by atoms with Gasteiger partial charge >= 0.3 is 0 Å². The summed E-state index contributed by atoms with van der Waals surface area (Å²) in [4.78, 5) is 25.8. The second kappa shape index (κ2) is 10.1. The highest BCUT2D eigenvalue weighted by Crippen LogP contribution is 2.16. The molecule has 0 radical (unpaired) electrons. The van der Waals surface area contributed by atoms with Crippen molar-refractivity contribution in [2.45, 2.75) is 20.4 Å². The van der Waals surface area contributed by atoms with Crippen molar-refractivity contribution in [1.29, 1.82) is 0 Å². The molecule has 0 bridgehead atoms. The number of hydrogen-bond acceptors (Lipinski definition) is 4. The number of ether oxygens (including phenoxy) is 2. The van der Waals surface area contributed by atoms with Gasteiger partial charge in [-0.05, 0) is 44.2 Å². The number of nitrogens with zero attached hydrogens (tertiary/aromatic N) is 1. The summed E-state index contributed by atoms with van der Waals surface area (Å²) in [5.74, 6) is 0.627. The molecule has 1 amide bonds. The number of quaternary nitrogens is 1. The predicted molar refractivity (Wildman–Crippen MR) is 108 cm³/mol. The Kier molecular flexibility index (Phi) is 7.78. The predicted octanol–water partition coefficient (Wildman–Crippen LogP) is 1.10. The summed E-state index contributed by atoms with van der Waals surface area (Å²) in [5, 5.41) is 2.84. The maximum absolute atomic E-state index is 12.7. The molecule has 152 valence electrons. The van der Waals surface area contributed by atoms with Gasteiger partial charge in [-0.15, -0.1) is 0 Å². The van der Waals surface area contributed by atoms with Gasteiger partial charge in [0.15, 0.2) is 6.54 Å². The SMILES string of the molecule is COCCn1c(C)cc(C(=O)C[NH+](C)CC(=O)Nc2ccc(OC)cc2)c1C. The van der Waals surface area contributed by atoms with Crippen molar-refractivity contribution in [3.8, 4) is 5.75 Å². The van der Waals surface area contributed by atoms with Crippen molar-refractivity contribution >= 4 is 17.4 Å². The zero-order chi connectivity index (χ0) is 20.7. The molecule has 1 unspecified atom stereocenters. The van der Waals surface area contributed by atoms with Gasteiger partial charge in [0, 0.05) is 36.3 Å². The average molecular weight is 388 g/mol. The Morgan fingerprint density at radius 1 is 1.11 bits per heavy atom. The number of anilines is 1. The smallest absolute Gasteiger partial charge is 0.279 e. The molecule has 0 aliphatic rings. The minimum absolute atomic E-state index is 0.0338. The Hall–Kier alpha value is -2.64. The van der Waals surface area contributed by atoms with Crippen LogP contribution in [0.1, 0.15) is 21.7 Å². The Labute approximate surface area is 166 Å². The van der Waals surface area contributed by atoms with Gasteiger partial charge in [0.2, 0.25) is 5.78 Å². The summed E-state index contributed by atoms with van der Waals surface area (Å²) >= 11 is 0. The number of ketones is 1. The molecule has 1 aromatic heterocycles. The van der Waals surface area contributed by atoms with E-state index in [2.05, 4.69) is 9.88 Å². The molecule has 1 atom stereocenters. The number of aryl methyl sites for hydroxylation is 1. The van der Waals surface area contributed by atoms with E-state index in [-0.39, 0.29) is 24.8 Å². The van der Waals surface area contributed by atoms with Gasteiger partial charge < -0.3 is 24.3 Å². The lowest BCUT2D eigenvalue weighted by atomic mass is 10.1. The third-order valence-electron chi connectivity index (χ3n) is 4.69. The van der Waals surface area contributed by atoms with Crippen LogP contribution in [-0.4, -0.2) is 57.2 Å². The molecular formula is C21H30N3O4+. The van der Waals surface area contributed by atoms with Crippen LogP contribution < -0.4 is 15.0 Å². The molecule has 2 aromatic rings. The van der Waals surface area contributed by atoms with Gasteiger partial charge in [-0.3, -0.25) is 9.59 Å². The van der Waals surface area contributed by atoms with Crippen LogP contribution in [0.25, 0.3) is 0 Å². The van der Waals surface area contributed by atoms with Crippen LogP contribution in [0.2, 0.25) is 0 Å². The zero-order valence-corrected chi connectivity index (χ0v) is 17.3. The van der Waals surface area contributed by atoms with E-state index in [9.17, 15) is 9.59 Å². The van der Waals surface area contributed by atoms with Gasteiger partial charge in [0.25, 0.3) is 5.91 Å². The van der Waals surface area contributed by atoms with Crippen LogP contribution in [-0.2, 0) is 16.1 Å². The number of Topliss-reactive ketones (excluding diaryl/α,β-unsaturated/α-hetero) is 1. The fourth-order valence-electron chi connectivity index (χ4n) is 3.20. The maximum Gasteiger partial charge on any atom is 0.279 e. The van der Waals surface area contributed by atoms with Crippen molar-refractivity contribution < 1.29 is 24.0 Å². The summed E-state index contributed by atoms with van der Waals surface area (Å²) in [5.41, 5.74) is 3.39. The normalized spacial score (nSPS) is 11.9. The lowest BCUT2D eigenvalue weighted by Crippen LogP contribution is -3.11. The summed E-state index contributed by atoms with van der Waals surface area (Å²) in [6.45, 7) is 5.71. The fraction of sp³-hybridized carbons (Fsp3) is 0.429. The van der Waals surface area contributed by atoms with E-state index in [0.717, 1.165) is 22.0 Å². The monoisotopic (exact) mass is 388 g/mol. The van der Waals surface area contributed by atoms with E-state index in [0.29, 0.717) is 24.4 Å². The van der Waals surface area contributed by atoms with E-state index >= 15 is 0 Å². The van der Waals surface area contributed by atoms with E-state index in [1.54, 1.807) is 38.5 Å². The first-order chi connectivity index (χ1) is 13.3. The van der Waals surface area contributed by atoms with Crippen molar-refractivity contribution in [2.75, 3.05) is 46.3 Å². The first-order valence-electron chi connectivity index (χ1n) is 9.29. The number of rotatable bonds is 10. The summed E-state index contributed by atoms with van der Waals surface area (Å²) < 4.78 is 12.3. The molecule has 7 nitrogen and oxygen atoms in total. The second-order valence-corrected chi connectivity index (χ2v) is 6.94. The first kappa shape index (κ1) is 21.7. The molecule has 2 N–H and O–H groups in total. The molecular weight excluding hydrogens is 358 g/mol. The van der Waals surface area contributed by atoms with Crippen molar-refractivity contribution in [3.05, 3.63) is 47.3 Å². The quantitative estimate of drug-likeness (QED) is 0.598. The van der Waals surface area contributed by atoms with Gasteiger partial charge in [0.1, 0.15) is 12.3 Å². The van der Waals surface area contributed by atoms with Crippen molar-refractivity contribution in [1.82, 2.24) is 4.57 Å². The number of carbonyl (C=O) groups excluding carboxylic acids is 2. The summed E-state index contributed by atoms with van der Waals surface area (Å²) in [6, 6.07) is 9.06. The van der Waals surface area contributed by atoms with E-state index in [1.165, 1.54) is 0 Å². The molecule has 0 spiro atoms. The first-order valence-corrected chi connectivity index (χ1v) is 9.29. The third-order valence-corrected chi connectivity index (χ3v) is 4.69. The van der Waals surface area contributed by atoms with Crippen LogP contribution in [0.3, 0.4) is 0 Å². The number of likely N-dealkylation sites (N-methyl/N-ethyl adjacent to an activating group) is 1. The zero-order valence-electron chi connectivity index (χ0n) is 17.3. The topological polar surface area (TPSA) is 74.0 Å². The number of nitrogens with one attached hydrogen (secondary N) is 2. The van der Waals surface area contributed by atoms with Gasteiger partial charge in [0.05, 0.1) is 20.8 Å². The molecule has 0 saturated carbocycles. The molecule has 0 fully saturated rings. The Morgan fingerprint density at radius 3 is 2.39 bits per heavy atom. The third kappa shape index (κ3) is 5.68. The van der Waals surface area contributed by atoms with Crippen LogP contribution in [0.15, 0.2) is 30.3 Å². The van der Waals surface area contributed by atoms with E-state index in [1.807, 2.05) is 27.0 Å². The van der Waals surface area contributed by atoms with E-state index < -0.39 is 0 Å². The second-order valence-electron chi connectivity index (χ2n) is 6.94. The minimum Gasteiger partial charge on any atom is -0.497 e. The highest BCUT2D eigenvalue weighted by atomic mass is 16.5. The molecule has 7 heteroatoms. The van der Waals surface area contributed by atoms with Gasteiger partial charge in [-0.25, -0.2) is 0 Å². The Morgan fingerprint density at radius 2 is 1.79 bits per heavy atom. The van der Waals surface area contributed by atoms with Crippen molar-refractivity contribution in [3.63, 3.8) is 0 Å². The summed E-state index contributed by atoms with van der Waals surface area (Å²) in [7, 11) is 5.10. The average Bonchev–Trinajstić information content (AvgIpc) is 2.94. The number of hydrogen-bond donors (Lipinski definition) is 2. The minimum atomic E-state index is -0.138. The number of methoxy groups -OCH3 is 2. The summed E-state index contributed by atoms with van der Waals surface area (Å²) in [6.07, 6.45) is 0. The number of carbonyl (C=O) groups is 2. The van der Waals surface area contributed by atoms with Crippen LogP contribution >= 0.6 is 0 Å². The molecule has 0 aliphatic carbocycles. The number of amides is 1. The molecule has 1 heterocycles. The van der Waals surface area contributed by atoms with Crippen LogP contribution in [0.5, 0.6) is 5.75 Å². The molecule has 2 rings (SSSR count).